The smallest absolute Gasteiger partial charge is 0.239 e. The summed E-state index contributed by atoms with van der Waals surface area (Å²) >= 11 is 0. The van der Waals surface area contributed by atoms with Crippen LogP contribution < -0.4 is 10.6 Å². The Hall–Kier alpha value is -2.76. The fraction of sp³-hybridized carbons (Fsp3) is 0.250. The molecule has 0 aliphatic carbocycles. The van der Waals surface area contributed by atoms with Gasteiger partial charge in [0.25, 0.3) is 0 Å². The lowest BCUT2D eigenvalue weighted by Crippen LogP contribution is -2.36. The molecule has 6 heteroatoms. The second kappa shape index (κ2) is 7.87. The van der Waals surface area contributed by atoms with Gasteiger partial charge >= 0.3 is 0 Å². The average molecular weight is 298 g/mol. The Labute approximate surface area is 129 Å². The molecule has 0 aliphatic heterocycles. The van der Waals surface area contributed by atoms with E-state index in [1.165, 1.54) is 6.92 Å². The van der Waals surface area contributed by atoms with Crippen LogP contribution >= 0.6 is 0 Å². The van der Waals surface area contributed by atoms with Gasteiger partial charge in [-0.15, -0.1) is 0 Å². The summed E-state index contributed by atoms with van der Waals surface area (Å²) in [6.07, 6.45) is 2.25. The van der Waals surface area contributed by atoms with Gasteiger partial charge in [0, 0.05) is 31.6 Å². The summed E-state index contributed by atoms with van der Waals surface area (Å²) in [6.45, 7) is 1.78. The monoisotopic (exact) mass is 298 g/mol. The highest BCUT2D eigenvalue weighted by molar-refractivity contribution is 5.83. The number of amides is 2. The number of rotatable bonds is 6. The second-order valence-electron chi connectivity index (χ2n) is 4.73. The Morgan fingerprint density at radius 3 is 2.59 bits per heavy atom. The largest absolute Gasteiger partial charge is 0.354 e. The van der Waals surface area contributed by atoms with Gasteiger partial charge in [-0.25, -0.2) is 9.97 Å². The number of carbonyl (C=O) groups excluding carboxylic acids is 2. The van der Waals surface area contributed by atoms with E-state index in [0.29, 0.717) is 18.8 Å². The molecule has 22 heavy (non-hydrogen) atoms. The topological polar surface area (TPSA) is 84.0 Å². The number of benzene rings is 1. The number of nitrogens with zero attached hydrogens (tertiary/aromatic N) is 2. The van der Waals surface area contributed by atoms with E-state index in [4.69, 9.17) is 0 Å². The van der Waals surface area contributed by atoms with Gasteiger partial charge in [0.1, 0.15) is 5.82 Å². The minimum atomic E-state index is -0.228. The molecule has 0 bridgehead atoms. The lowest BCUT2D eigenvalue weighted by molar-refractivity contribution is -0.125. The molecule has 2 rings (SSSR count). The van der Waals surface area contributed by atoms with E-state index in [9.17, 15) is 9.59 Å². The van der Waals surface area contributed by atoms with Gasteiger partial charge in [-0.3, -0.25) is 9.59 Å². The van der Waals surface area contributed by atoms with Gasteiger partial charge in [0.15, 0.2) is 0 Å². The molecule has 0 fully saturated rings. The number of hydrogen-bond donors (Lipinski definition) is 2. The molecule has 6 nitrogen and oxygen atoms in total. The molecule has 0 saturated heterocycles. The highest BCUT2D eigenvalue weighted by Gasteiger charge is 2.04. The number of nitrogens with one attached hydrogen (secondary N) is 2. The third-order valence-electron chi connectivity index (χ3n) is 2.94. The zero-order valence-corrected chi connectivity index (χ0v) is 12.4. The molecule has 0 saturated carbocycles. The van der Waals surface area contributed by atoms with E-state index in [0.717, 1.165) is 11.3 Å². The van der Waals surface area contributed by atoms with Crippen LogP contribution in [0, 0.1) is 0 Å². The maximum absolute atomic E-state index is 11.5. The molecule has 0 radical (unpaired) electrons. The van der Waals surface area contributed by atoms with Crippen molar-refractivity contribution in [2.45, 2.75) is 13.3 Å². The molecule has 2 N–H and O–H groups in total. The van der Waals surface area contributed by atoms with Crippen molar-refractivity contribution >= 4 is 11.8 Å². The first-order valence-electron chi connectivity index (χ1n) is 7.03. The van der Waals surface area contributed by atoms with Crippen molar-refractivity contribution in [1.82, 2.24) is 20.6 Å². The summed E-state index contributed by atoms with van der Waals surface area (Å²) in [4.78, 5) is 30.8. The molecule has 2 amide bonds. The van der Waals surface area contributed by atoms with Crippen LogP contribution in [0.15, 0.2) is 42.6 Å². The van der Waals surface area contributed by atoms with Crippen LogP contribution in [0.25, 0.3) is 11.3 Å². The Kier molecular flexibility index (Phi) is 5.59. The number of hydrogen-bond acceptors (Lipinski definition) is 4. The van der Waals surface area contributed by atoms with Gasteiger partial charge in [0.05, 0.1) is 12.2 Å². The van der Waals surface area contributed by atoms with Crippen LogP contribution in [-0.4, -0.2) is 34.9 Å². The molecule has 1 aromatic carbocycles. The standard InChI is InChI=1S/C16H18N4O2/c1-12(21)19-11-16(22)18-10-8-15-17-9-7-14(20-15)13-5-3-2-4-6-13/h2-7,9H,8,10-11H2,1H3,(H,18,22)(H,19,21). The highest BCUT2D eigenvalue weighted by atomic mass is 16.2. The van der Waals surface area contributed by atoms with E-state index >= 15 is 0 Å². The van der Waals surface area contributed by atoms with Crippen LogP contribution in [0.4, 0.5) is 0 Å². The maximum atomic E-state index is 11.5. The van der Waals surface area contributed by atoms with Gasteiger partial charge in [-0.2, -0.15) is 0 Å². The zero-order valence-electron chi connectivity index (χ0n) is 12.4. The van der Waals surface area contributed by atoms with Crippen LogP contribution in [0.3, 0.4) is 0 Å². The van der Waals surface area contributed by atoms with E-state index in [1.807, 2.05) is 36.4 Å². The van der Waals surface area contributed by atoms with Gasteiger partial charge in [-0.05, 0) is 6.07 Å². The van der Waals surface area contributed by atoms with E-state index < -0.39 is 0 Å². The molecule has 1 aromatic heterocycles. The predicted molar refractivity (Wildman–Crippen MR) is 82.9 cm³/mol. The van der Waals surface area contributed by atoms with Crippen molar-refractivity contribution in [1.29, 1.82) is 0 Å². The van der Waals surface area contributed by atoms with Crippen LogP contribution in [0.2, 0.25) is 0 Å². The van der Waals surface area contributed by atoms with Crippen molar-refractivity contribution in [2.24, 2.45) is 0 Å². The molecule has 0 spiro atoms. The minimum absolute atomic E-state index is 0.0136. The Morgan fingerprint density at radius 2 is 1.86 bits per heavy atom. The molecule has 0 aliphatic rings. The molecular weight excluding hydrogens is 280 g/mol. The van der Waals surface area contributed by atoms with Gasteiger partial charge in [-0.1, -0.05) is 30.3 Å². The summed E-state index contributed by atoms with van der Waals surface area (Å²) in [7, 11) is 0. The molecule has 114 valence electrons. The second-order valence-corrected chi connectivity index (χ2v) is 4.73. The van der Waals surface area contributed by atoms with Crippen molar-refractivity contribution in [3.05, 3.63) is 48.4 Å². The van der Waals surface area contributed by atoms with E-state index in [1.54, 1.807) is 6.20 Å². The molecule has 0 unspecified atom stereocenters. The predicted octanol–water partition coefficient (Wildman–Crippen LogP) is 0.938. The lowest BCUT2D eigenvalue weighted by atomic mass is 10.1. The van der Waals surface area contributed by atoms with E-state index in [2.05, 4.69) is 20.6 Å². The van der Waals surface area contributed by atoms with Crippen molar-refractivity contribution in [2.75, 3.05) is 13.1 Å². The van der Waals surface area contributed by atoms with Crippen molar-refractivity contribution < 1.29 is 9.59 Å². The first-order chi connectivity index (χ1) is 10.6. The number of carbonyl (C=O) groups is 2. The molecule has 1 heterocycles. The third-order valence-corrected chi connectivity index (χ3v) is 2.94. The third kappa shape index (κ3) is 4.97. The summed E-state index contributed by atoms with van der Waals surface area (Å²) in [5.41, 5.74) is 1.89. The molecular formula is C16H18N4O2. The van der Waals surface area contributed by atoms with Crippen LogP contribution in [0.5, 0.6) is 0 Å². The van der Waals surface area contributed by atoms with Crippen LogP contribution in [-0.2, 0) is 16.0 Å². The zero-order chi connectivity index (χ0) is 15.8. The normalized spacial score (nSPS) is 10.0. The van der Waals surface area contributed by atoms with Crippen molar-refractivity contribution in [3.63, 3.8) is 0 Å². The first-order valence-corrected chi connectivity index (χ1v) is 7.03. The maximum Gasteiger partial charge on any atom is 0.239 e. The number of aromatic nitrogens is 2. The summed E-state index contributed by atoms with van der Waals surface area (Å²) < 4.78 is 0. The quantitative estimate of drug-likeness (QED) is 0.831. The van der Waals surface area contributed by atoms with Gasteiger partial charge < -0.3 is 10.6 Å². The highest BCUT2D eigenvalue weighted by Crippen LogP contribution is 2.15. The minimum Gasteiger partial charge on any atom is -0.354 e. The van der Waals surface area contributed by atoms with Gasteiger partial charge in [0.2, 0.25) is 11.8 Å². The SMILES string of the molecule is CC(=O)NCC(=O)NCCc1nccc(-c2ccccc2)n1. The Balaban J connectivity index is 1.86. The van der Waals surface area contributed by atoms with E-state index in [-0.39, 0.29) is 18.4 Å². The molecule has 0 atom stereocenters. The average Bonchev–Trinajstić information content (AvgIpc) is 2.54. The lowest BCUT2D eigenvalue weighted by Gasteiger charge is -2.06. The fourth-order valence-electron chi connectivity index (χ4n) is 1.87. The molecule has 2 aromatic rings. The summed E-state index contributed by atoms with van der Waals surface area (Å²) in [6, 6.07) is 11.7. The van der Waals surface area contributed by atoms with Crippen molar-refractivity contribution in [3.8, 4) is 11.3 Å². The Morgan fingerprint density at radius 1 is 1.09 bits per heavy atom. The first kappa shape index (κ1) is 15.6. The summed E-state index contributed by atoms with van der Waals surface area (Å²) in [5, 5.41) is 5.15. The summed E-state index contributed by atoms with van der Waals surface area (Å²) in [5.74, 6) is 0.213. The van der Waals surface area contributed by atoms with Crippen LogP contribution in [0.1, 0.15) is 12.7 Å². The fourth-order valence-corrected chi connectivity index (χ4v) is 1.87. The Bertz CT molecular complexity index is 644.